The molecule has 1 fully saturated rings. The molecule has 1 spiro atoms. The minimum absolute atomic E-state index is 0.183. The first-order chi connectivity index (χ1) is 10.7. The summed E-state index contributed by atoms with van der Waals surface area (Å²) in [6.45, 7) is 10.6. The molecule has 118 valence electrons. The fourth-order valence-corrected chi connectivity index (χ4v) is 3.84. The van der Waals surface area contributed by atoms with E-state index in [-0.39, 0.29) is 5.41 Å². The number of benzene rings is 1. The second-order valence-corrected chi connectivity index (χ2v) is 6.32. The van der Waals surface area contributed by atoms with Gasteiger partial charge in [-0.25, -0.2) is 0 Å². The van der Waals surface area contributed by atoms with Crippen molar-refractivity contribution < 1.29 is 0 Å². The van der Waals surface area contributed by atoms with Crippen molar-refractivity contribution in [1.29, 1.82) is 0 Å². The first-order valence-corrected chi connectivity index (χ1v) is 8.85. The topological polar surface area (TPSA) is 0 Å². The first-order valence-electron chi connectivity index (χ1n) is 8.85. The zero-order valence-electron chi connectivity index (χ0n) is 14.5. The SMILES string of the molecule is C=C1/C=C\C=C/Cc2ccc(C)cc2C12CCCCC2.CC. The van der Waals surface area contributed by atoms with Gasteiger partial charge in [-0.05, 0) is 42.9 Å². The third-order valence-corrected chi connectivity index (χ3v) is 4.99. The van der Waals surface area contributed by atoms with E-state index in [1.165, 1.54) is 48.8 Å². The average Bonchev–Trinajstić information content (AvgIpc) is 2.62. The maximum absolute atomic E-state index is 4.44. The molecule has 3 rings (SSSR count). The molecule has 1 saturated carbocycles. The monoisotopic (exact) mass is 294 g/mol. The maximum Gasteiger partial charge on any atom is 0.0200 e. The summed E-state index contributed by atoms with van der Waals surface area (Å²) in [5.41, 5.74) is 5.88. The molecule has 0 heteroatoms. The van der Waals surface area contributed by atoms with Crippen LogP contribution in [-0.2, 0) is 11.8 Å². The van der Waals surface area contributed by atoms with E-state index in [0.29, 0.717) is 0 Å². The van der Waals surface area contributed by atoms with E-state index >= 15 is 0 Å². The molecule has 2 aliphatic rings. The van der Waals surface area contributed by atoms with E-state index in [4.69, 9.17) is 0 Å². The molecule has 0 saturated heterocycles. The predicted octanol–water partition coefficient (Wildman–Crippen LogP) is 6.45. The summed E-state index contributed by atoms with van der Waals surface area (Å²) in [4.78, 5) is 0. The van der Waals surface area contributed by atoms with Gasteiger partial charge in [-0.1, -0.05) is 87.8 Å². The van der Waals surface area contributed by atoms with Crippen molar-refractivity contribution in [2.45, 2.75) is 64.7 Å². The van der Waals surface area contributed by atoms with Crippen LogP contribution in [0.3, 0.4) is 0 Å². The van der Waals surface area contributed by atoms with E-state index in [9.17, 15) is 0 Å². The second-order valence-electron chi connectivity index (χ2n) is 6.32. The molecule has 1 aromatic rings. The number of hydrogen-bond donors (Lipinski definition) is 0. The Balaban J connectivity index is 0.000000847. The van der Waals surface area contributed by atoms with Crippen molar-refractivity contribution in [1.82, 2.24) is 0 Å². The van der Waals surface area contributed by atoms with Crippen LogP contribution in [-0.4, -0.2) is 0 Å². The van der Waals surface area contributed by atoms with Crippen molar-refractivity contribution in [3.05, 3.63) is 71.3 Å². The van der Waals surface area contributed by atoms with Crippen LogP contribution >= 0.6 is 0 Å². The molecular weight excluding hydrogens is 264 g/mol. The van der Waals surface area contributed by atoms with Crippen LogP contribution in [0.2, 0.25) is 0 Å². The fraction of sp³-hybridized carbons (Fsp3) is 0.455. The van der Waals surface area contributed by atoms with Gasteiger partial charge in [0.05, 0.1) is 0 Å². The number of rotatable bonds is 0. The van der Waals surface area contributed by atoms with Crippen molar-refractivity contribution >= 4 is 0 Å². The molecule has 0 aromatic heterocycles. The highest BCUT2D eigenvalue weighted by atomic mass is 14.4. The average molecular weight is 294 g/mol. The molecule has 0 aliphatic heterocycles. The number of fused-ring (bicyclic) bond motifs is 2. The van der Waals surface area contributed by atoms with Crippen LogP contribution in [0.15, 0.2) is 54.7 Å². The zero-order valence-corrected chi connectivity index (χ0v) is 14.5. The van der Waals surface area contributed by atoms with Crippen LogP contribution in [0.4, 0.5) is 0 Å². The van der Waals surface area contributed by atoms with Crippen LogP contribution in [0.5, 0.6) is 0 Å². The second kappa shape index (κ2) is 7.63. The first kappa shape index (κ1) is 16.8. The van der Waals surface area contributed by atoms with Gasteiger partial charge in [0.25, 0.3) is 0 Å². The van der Waals surface area contributed by atoms with Gasteiger partial charge >= 0.3 is 0 Å². The molecule has 0 atom stereocenters. The van der Waals surface area contributed by atoms with Crippen LogP contribution in [0, 0.1) is 6.92 Å². The van der Waals surface area contributed by atoms with E-state index in [1.807, 2.05) is 13.8 Å². The van der Waals surface area contributed by atoms with E-state index in [0.717, 1.165) is 6.42 Å². The van der Waals surface area contributed by atoms with Gasteiger partial charge in [0.15, 0.2) is 0 Å². The van der Waals surface area contributed by atoms with Gasteiger partial charge in [-0.3, -0.25) is 0 Å². The highest BCUT2D eigenvalue weighted by molar-refractivity contribution is 5.48. The van der Waals surface area contributed by atoms with Crippen LogP contribution in [0.25, 0.3) is 0 Å². The van der Waals surface area contributed by atoms with E-state index in [2.05, 4.69) is 56.0 Å². The molecule has 0 bridgehead atoms. The molecule has 2 aliphatic carbocycles. The Morgan fingerprint density at radius 3 is 2.45 bits per heavy atom. The molecule has 0 nitrogen and oxygen atoms in total. The summed E-state index contributed by atoms with van der Waals surface area (Å²) in [6.07, 6.45) is 16.4. The lowest BCUT2D eigenvalue weighted by atomic mass is 9.64. The molecule has 0 N–H and O–H groups in total. The van der Waals surface area contributed by atoms with Crippen molar-refractivity contribution in [2.75, 3.05) is 0 Å². The summed E-state index contributed by atoms with van der Waals surface area (Å²) in [5, 5.41) is 0. The lowest BCUT2D eigenvalue weighted by molar-refractivity contribution is 0.344. The summed E-state index contributed by atoms with van der Waals surface area (Å²) in [7, 11) is 0. The molecule has 0 unspecified atom stereocenters. The Morgan fingerprint density at radius 2 is 1.73 bits per heavy atom. The van der Waals surface area contributed by atoms with Gasteiger partial charge in [-0.15, -0.1) is 0 Å². The van der Waals surface area contributed by atoms with E-state index < -0.39 is 0 Å². The molecule has 0 radical (unpaired) electrons. The Labute approximate surface area is 136 Å². The van der Waals surface area contributed by atoms with Crippen molar-refractivity contribution in [3.63, 3.8) is 0 Å². The highest BCUT2D eigenvalue weighted by Gasteiger charge is 2.37. The van der Waals surface area contributed by atoms with Gasteiger partial charge in [0.1, 0.15) is 0 Å². The Bertz CT molecular complexity index is 566. The van der Waals surface area contributed by atoms with E-state index in [1.54, 1.807) is 5.56 Å². The fourth-order valence-electron chi connectivity index (χ4n) is 3.84. The smallest absolute Gasteiger partial charge is 0.0200 e. The lowest BCUT2D eigenvalue weighted by Crippen LogP contribution is -2.31. The molecule has 0 heterocycles. The normalized spacial score (nSPS) is 22.4. The minimum Gasteiger partial charge on any atom is -0.0949 e. The Kier molecular flexibility index (Phi) is 5.83. The lowest BCUT2D eigenvalue weighted by Gasteiger charge is -2.40. The third-order valence-electron chi connectivity index (χ3n) is 4.99. The summed E-state index contributed by atoms with van der Waals surface area (Å²) in [5.74, 6) is 0. The van der Waals surface area contributed by atoms with Crippen molar-refractivity contribution in [2.24, 2.45) is 0 Å². The Hall–Kier alpha value is -1.56. The van der Waals surface area contributed by atoms with Gasteiger partial charge in [0.2, 0.25) is 0 Å². The largest absolute Gasteiger partial charge is 0.0949 e. The van der Waals surface area contributed by atoms with Gasteiger partial charge < -0.3 is 0 Å². The quantitative estimate of drug-likeness (QED) is 0.516. The molecule has 22 heavy (non-hydrogen) atoms. The van der Waals surface area contributed by atoms with Crippen LogP contribution in [0.1, 0.15) is 62.6 Å². The number of aryl methyl sites for hydroxylation is 1. The molecular formula is C22H30. The standard InChI is InChI=1S/C20H24.C2H6/c1-16-11-12-18-10-6-3-5-9-17(2)20(19(18)15-16)13-7-4-8-14-20;1-2/h3,5-6,9,11-12,15H,2,4,7-8,10,13-14H2,1H3;1-2H3/b6-3-,9-5-;. The number of allylic oxidation sites excluding steroid dienone is 5. The minimum atomic E-state index is 0.183. The van der Waals surface area contributed by atoms with Gasteiger partial charge in [-0.2, -0.15) is 0 Å². The molecule has 1 aromatic carbocycles. The third kappa shape index (κ3) is 3.27. The Morgan fingerprint density at radius 1 is 1.00 bits per heavy atom. The zero-order chi connectivity index (χ0) is 16.0. The number of hydrogen-bond acceptors (Lipinski definition) is 0. The predicted molar refractivity (Wildman–Crippen MR) is 98.4 cm³/mol. The maximum atomic E-state index is 4.44. The summed E-state index contributed by atoms with van der Waals surface area (Å²) >= 11 is 0. The van der Waals surface area contributed by atoms with Crippen LogP contribution < -0.4 is 0 Å². The van der Waals surface area contributed by atoms with Crippen molar-refractivity contribution in [3.8, 4) is 0 Å². The molecule has 0 amide bonds. The highest BCUT2D eigenvalue weighted by Crippen LogP contribution is 2.46. The summed E-state index contributed by atoms with van der Waals surface area (Å²) < 4.78 is 0. The van der Waals surface area contributed by atoms with Gasteiger partial charge in [0, 0.05) is 5.41 Å². The summed E-state index contributed by atoms with van der Waals surface area (Å²) in [6, 6.07) is 6.99.